The third-order valence-electron chi connectivity index (χ3n) is 4.38. The van der Waals surface area contributed by atoms with E-state index in [9.17, 15) is 13.2 Å². The van der Waals surface area contributed by atoms with Gasteiger partial charge in [-0.1, -0.05) is 12.1 Å². The number of sulfone groups is 1. The molecule has 2 heterocycles. The zero-order valence-electron chi connectivity index (χ0n) is 14.3. The van der Waals surface area contributed by atoms with Gasteiger partial charge in [-0.15, -0.1) is 0 Å². The number of rotatable bonds is 4. The monoisotopic (exact) mass is 359 g/mol. The number of fused-ring (bicyclic) bond motifs is 1. The van der Waals surface area contributed by atoms with Crippen LogP contribution in [0.15, 0.2) is 41.6 Å². The highest BCUT2D eigenvalue weighted by Crippen LogP contribution is 2.20. The van der Waals surface area contributed by atoms with E-state index in [1.54, 1.807) is 30.5 Å². The van der Waals surface area contributed by atoms with Gasteiger partial charge < -0.3 is 10.2 Å². The lowest BCUT2D eigenvalue weighted by Crippen LogP contribution is -2.30. The van der Waals surface area contributed by atoms with Crippen molar-refractivity contribution in [2.75, 3.05) is 19.8 Å². The summed E-state index contributed by atoms with van der Waals surface area (Å²) in [6, 6.07) is 6.53. The van der Waals surface area contributed by atoms with E-state index in [-0.39, 0.29) is 10.8 Å². The highest BCUT2D eigenvalue weighted by atomic mass is 32.2. The molecular weight excluding hydrogens is 338 g/mol. The number of hydrogen-bond acceptors (Lipinski definition) is 5. The molecule has 2 aromatic rings. The standard InChI is InChI=1S/C18H21N3O3S/c1-21-8-7-16-14(12-21)10-19-11-17(16)18(22)20-9-13-3-5-15(6-4-13)25(2,23)24/h3-6,10-11H,7-9,12H2,1-2H3,(H,20,22). The predicted molar refractivity (Wildman–Crippen MR) is 95.0 cm³/mol. The van der Waals surface area contributed by atoms with Gasteiger partial charge in [-0.25, -0.2) is 8.42 Å². The number of carbonyl (C=O) groups is 1. The van der Waals surface area contributed by atoms with Crippen molar-refractivity contribution in [2.45, 2.75) is 24.4 Å². The summed E-state index contributed by atoms with van der Waals surface area (Å²) in [5.41, 5.74) is 3.63. The first-order valence-corrected chi connectivity index (χ1v) is 9.95. The molecule has 3 rings (SSSR count). The molecule has 1 aliphatic rings. The Labute approximate surface area is 147 Å². The van der Waals surface area contributed by atoms with Crippen molar-refractivity contribution in [3.05, 3.63) is 58.9 Å². The summed E-state index contributed by atoms with van der Waals surface area (Å²) in [5.74, 6) is -0.152. The quantitative estimate of drug-likeness (QED) is 0.893. The van der Waals surface area contributed by atoms with Gasteiger partial charge >= 0.3 is 0 Å². The van der Waals surface area contributed by atoms with Crippen LogP contribution in [-0.4, -0.2) is 44.1 Å². The first-order valence-electron chi connectivity index (χ1n) is 8.06. The molecule has 0 spiro atoms. The fourth-order valence-electron chi connectivity index (χ4n) is 2.96. The van der Waals surface area contributed by atoms with Crippen LogP contribution in [0.1, 0.15) is 27.0 Å². The van der Waals surface area contributed by atoms with E-state index in [1.807, 2.05) is 6.20 Å². The Balaban J connectivity index is 1.70. The van der Waals surface area contributed by atoms with Crippen molar-refractivity contribution in [2.24, 2.45) is 0 Å². The number of pyridine rings is 1. The van der Waals surface area contributed by atoms with Crippen molar-refractivity contribution in [3.8, 4) is 0 Å². The van der Waals surface area contributed by atoms with E-state index in [2.05, 4.69) is 22.2 Å². The summed E-state index contributed by atoms with van der Waals surface area (Å²) < 4.78 is 22.9. The minimum atomic E-state index is -3.21. The maximum Gasteiger partial charge on any atom is 0.253 e. The normalized spacial score (nSPS) is 14.8. The number of aromatic nitrogens is 1. The third kappa shape index (κ3) is 4.05. The van der Waals surface area contributed by atoms with E-state index in [1.165, 1.54) is 6.26 Å². The van der Waals surface area contributed by atoms with E-state index >= 15 is 0 Å². The molecule has 0 radical (unpaired) electrons. The molecule has 0 saturated carbocycles. The van der Waals surface area contributed by atoms with Crippen molar-refractivity contribution in [3.63, 3.8) is 0 Å². The van der Waals surface area contributed by atoms with E-state index in [0.717, 1.165) is 36.2 Å². The molecule has 132 valence electrons. The van der Waals surface area contributed by atoms with Crippen LogP contribution in [0.2, 0.25) is 0 Å². The maximum atomic E-state index is 12.5. The van der Waals surface area contributed by atoms with E-state index < -0.39 is 9.84 Å². The van der Waals surface area contributed by atoms with Gasteiger partial charge in [0.1, 0.15) is 0 Å². The smallest absolute Gasteiger partial charge is 0.253 e. The maximum absolute atomic E-state index is 12.5. The molecule has 0 saturated heterocycles. The molecule has 1 amide bonds. The Kier molecular flexibility index (Phi) is 4.87. The highest BCUT2D eigenvalue weighted by Gasteiger charge is 2.20. The van der Waals surface area contributed by atoms with E-state index in [4.69, 9.17) is 0 Å². The van der Waals surface area contributed by atoms with Gasteiger partial charge in [-0.3, -0.25) is 9.78 Å². The molecular formula is C18H21N3O3S. The fraction of sp³-hybridized carbons (Fsp3) is 0.333. The van der Waals surface area contributed by atoms with Gasteiger partial charge in [0.15, 0.2) is 9.84 Å². The Morgan fingerprint density at radius 3 is 2.64 bits per heavy atom. The molecule has 7 heteroatoms. The summed E-state index contributed by atoms with van der Waals surface area (Å²) in [6.45, 7) is 2.06. The number of hydrogen-bond donors (Lipinski definition) is 1. The largest absolute Gasteiger partial charge is 0.348 e. The predicted octanol–water partition coefficient (Wildman–Crippen LogP) is 1.40. The number of benzene rings is 1. The Morgan fingerprint density at radius 1 is 1.24 bits per heavy atom. The lowest BCUT2D eigenvalue weighted by molar-refractivity contribution is 0.0948. The number of nitrogens with zero attached hydrogens (tertiary/aromatic N) is 2. The van der Waals surface area contributed by atoms with Gasteiger partial charge in [0.25, 0.3) is 5.91 Å². The summed E-state index contributed by atoms with van der Waals surface area (Å²) in [4.78, 5) is 19.2. The Bertz CT molecular complexity index is 892. The van der Waals surface area contributed by atoms with Gasteiger partial charge in [0.2, 0.25) is 0 Å². The van der Waals surface area contributed by atoms with Crippen LogP contribution in [0.5, 0.6) is 0 Å². The van der Waals surface area contributed by atoms with Crippen LogP contribution in [-0.2, 0) is 29.3 Å². The highest BCUT2D eigenvalue weighted by molar-refractivity contribution is 7.90. The molecule has 25 heavy (non-hydrogen) atoms. The van der Waals surface area contributed by atoms with Crippen LogP contribution in [0, 0.1) is 0 Å². The summed E-state index contributed by atoms with van der Waals surface area (Å²) in [6.07, 6.45) is 5.45. The topological polar surface area (TPSA) is 79.4 Å². The number of carbonyl (C=O) groups excluding carboxylic acids is 1. The fourth-order valence-corrected chi connectivity index (χ4v) is 3.59. The summed E-state index contributed by atoms with van der Waals surface area (Å²) in [5, 5.41) is 2.89. The van der Waals surface area contributed by atoms with Crippen molar-refractivity contribution >= 4 is 15.7 Å². The lowest BCUT2D eigenvalue weighted by Gasteiger charge is -2.26. The molecule has 0 atom stereocenters. The zero-order valence-corrected chi connectivity index (χ0v) is 15.1. The van der Waals surface area contributed by atoms with Crippen LogP contribution in [0.25, 0.3) is 0 Å². The Morgan fingerprint density at radius 2 is 1.96 bits per heavy atom. The first kappa shape index (κ1) is 17.6. The SMILES string of the molecule is CN1CCc2c(cncc2C(=O)NCc2ccc(S(C)(=O)=O)cc2)C1. The van der Waals surface area contributed by atoms with Crippen LogP contribution < -0.4 is 5.32 Å². The molecule has 0 fully saturated rings. The molecule has 0 bridgehead atoms. The number of amides is 1. The second-order valence-electron chi connectivity index (χ2n) is 6.41. The van der Waals surface area contributed by atoms with Gasteiger partial charge in [0.05, 0.1) is 10.5 Å². The second kappa shape index (κ2) is 6.93. The van der Waals surface area contributed by atoms with Crippen LogP contribution in [0.4, 0.5) is 0 Å². The van der Waals surface area contributed by atoms with Gasteiger partial charge in [0, 0.05) is 38.3 Å². The zero-order chi connectivity index (χ0) is 18.0. The molecule has 1 aromatic carbocycles. The number of nitrogens with one attached hydrogen (secondary N) is 1. The Hall–Kier alpha value is -2.25. The molecule has 1 aromatic heterocycles. The van der Waals surface area contributed by atoms with Crippen molar-refractivity contribution in [1.29, 1.82) is 0 Å². The summed E-state index contributed by atoms with van der Waals surface area (Å²) >= 11 is 0. The van der Waals surface area contributed by atoms with Crippen molar-refractivity contribution < 1.29 is 13.2 Å². The first-order chi connectivity index (χ1) is 11.8. The van der Waals surface area contributed by atoms with Crippen LogP contribution >= 0.6 is 0 Å². The average Bonchev–Trinajstić information content (AvgIpc) is 2.58. The van der Waals surface area contributed by atoms with Crippen LogP contribution in [0.3, 0.4) is 0 Å². The molecule has 0 aliphatic carbocycles. The second-order valence-corrected chi connectivity index (χ2v) is 8.43. The lowest BCUT2D eigenvalue weighted by atomic mass is 9.97. The van der Waals surface area contributed by atoms with Crippen molar-refractivity contribution in [1.82, 2.24) is 15.2 Å². The average molecular weight is 359 g/mol. The van der Waals surface area contributed by atoms with E-state index in [0.29, 0.717) is 12.1 Å². The molecule has 0 unspecified atom stereocenters. The summed E-state index contributed by atoms with van der Waals surface area (Å²) in [7, 11) is -1.16. The minimum Gasteiger partial charge on any atom is -0.348 e. The molecule has 1 aliphatic heterocycles. The third-order valence-corrected chi connectivity index (χ3v) is 5.51. The molecule has 1 N–H and O–H groups in total. The van der Waals surface area contributed by atoms with Gasteiger partial charge in [-0.2, -0.15) is 0 Å². The number of likely N-dealkylation sites (N-methyl/N-ethyl adjacent to an activating group) is 1. The van der Waals surface area contributed by atoms with Gasteiger partial charge in [-0.05, 0) is 42.3 Å². The molecule has 6 nitrogen and oxygen atoms in total. The minimum absolute atomic E-state index is 0.152.